The monoisotopic (exact) mass is 417 g/mol. The summed E-state index contributed by atoms with van der Waals surface area (Å²) in [5, 5.41) is 15.1. The number of pyridine rings is 1. The fourth-order valence-corrected chi connectivity index (χ4v) is 2.50. The van der Waals surface area contributed by atoms with E-state index in [9.17, 15) is 4.39 Å². The highest BCUT2D eigenvalue weighted by Gasteiger charge is 2.08. The van der Waals surface area contributed by atoms with Gasteiger partial charge in [-0.2, -0.15) is 4.98 Å². The smallest absolute Gasteiger partial charge is 0.225 e. The van der Waals surface area contributed by atoms with Crippen molar-refractivity contribution in [3.8, 4) is 11.3 Å². The van der Waals surface area contributed by atoms with Crippen LogP contribution < -0.4 is 10.6 Å². The zero-order valence-corrected chi connectivity index (χ0v) is 15.4. The number of rotatable bonds is 7. The van der Waals surface area contributed by atoms with Gasteiger partial charge in [-0.25, -0.2) is 9.37 Å². The van der Waals surface area contributed by atoms with Crippen molar-refractivity contribution >= 4 is 33.4 Å². The summed E-state index contributed by atoms with van der Waals surface area (Å²) in [5.41, 5.74) is 2.09. The third kappa shape index (κ3) is 4.74. The van der Waals surface area contributed by atoms with Gasteiger partial charge in [0.25, 0.3) is 0 Å². The molecule has 6 nitrogen and oxygen atoms in total. The molecule has 0 spiro atoms. The largest absolute Gasteiger partial charge is 0.396 e. The van der Waals surface area contributed by atoms with E-state index in [2.05, 4.69) is 41.5 Å². The van der Waals surface area contributed by atoms with Gasteiger partial charge >= 0.3 is 0 Å². The minimum absolute atomic E-state index is 0.0819. The van der Waals surface area contributed by atoms with Gasteiger partial charge in [-0.15, -0.1) is 0 Å². The van der Waals surface area contributed by atoms with Crippen LogP contribution in [-0.2, 0) is 0 Å². The van der Waals surface area contributed by atoms with Crippen LogP contribution in [0, 0.1) is 5.82 Å². The fourth-order valence-electron chi connectivity index (χ4n) is 2.25. The molecule has 8 heteroatoms. The maximum atomic E-state index is 13.7. The molecule has 0 aliphatic carbocycles. The highest BCUT2D eigenvalue weighted by molar-refractivity contribution is 9.10. The maximum Gasteiger partial charge on any atom is 0.225 e. The van der Waals surface area contributed by atoms with E-state index in [1.165, 1.54) is 6.07 Å². The lowest BCUT2D eigenvalue weighted by Crippen LogP contribution is -2.08. The standard InChI is InChI=1S/C18H17BrFN5O/c19-14-5-4-13(9-15(14)20)23-17-10-16(12-3-1-6-21-11-12)24-18(25-17)22-7-2-8-26/h1,3-6,9-11,26H,2,7-8H2,(H2,22,23,24,25). The Hall–Kier alpha value is -2.58. The summed E-state index contributed by atoms with van der Waals surface area (Å²) >= 11 is 3.14. The first kappa shape index (κ1) is 18.2. The first-order valence-electron chi connectivity index (χ1n) is 8.02. The van der Waals surface area contributed by atoms with Crippen LogP contribution in [0.5, 0.6) is 0 Å². The molecule has 0 saturated carbocycles. The van der Waals surface area contributed by atoms with Gasteiger partial charge in [-0.3, -0.25) is 4.98 Å². The Morgan fingerprint density at radius 2 is 2.04 bits per heavy atom. The SMILES string of the molecule is OCCCNc1nc(Nc2ccc(Br)c(F)c2)cc(-c2cccnc2)n1. The topological polar surface area (TPSA) is 83.0 Å². The van der Waals surface area contributed by atoms with Crippen molar-refractivity contribution in [2.45, 2.75) is 6.42 Å². The highest BCUT2D eigenvalue weighted by atomic mass is 79.9. The molecule has 2 heterocycles. The number of benzene rings is 1. The molecule has 0 aliphatic rings. The second kappa shape index (κ2) is 8.68. The Balaban J connectivity index is 1.91. The van der Waals surface area contributed by atoms with Crippen molar-refractivity contribution in [2.75, 3.05) is 23.8 Å². The van der Waals surface area contributed by atoms with Crippen molar-refractivity contribution in [3.63, 3.8) is 0 Å². The van der Waals surface area contributed by atoms with Crippen LogP contribution in [-0.4, -0.2) is 33.2 Å². The van der Waals surface area contributed by atoms with Gasteiger partial charge in [0.05, 0.1) is 10.2 Å². The van der Waals surface area contributed by atoms with E-state index in [1.807, 2.05) is 12.1 Å². The molecule has 0 saturated heterocycles. The van der Waals surface area contributed by atoms with E-state index in [-0.39, 0.29) is 12.4 Å². The molecule has 0 fully saturated rings. The number of nitrogens with zero attached hydrogens (tertiary/aromatic N) is 3. The van der Waals surface area contributed by atoms with Crippen LogP contribution in [0.25, 0.3) is 11.3 Å². The molecule has 3 rings (SSSR count). The maximum absolute atomic E-state index is 13.7. The van der Waals surface area contributed by atoms with Crippen molar-refractivity contribution < 1.29 is 9.50 Å². The summed E-state index contributed by atoms with van der Waals surface area (Å²) in [7, 11) is 0. The van der Waals surface area contributed by atoms with Gasteiger partial charge < -0.3 is 15.7 Å². The number of aliphatic hydroxyl groups excluding tert-OH is 1. The Bertz CT molecular complexity index is 879. The van der Waals surface area contributed by atoms with Gasteiger partial charge in [-0.05, 0) is 52.7 Å². The van der Waals surface area contributed by atoms with Crippen LogP contribution in [0.2, 0.25) is 0 Å². The van der Waals surface area contributed by atoms with Crippen molar-refractivity contribution in [1.82, 2.24) is 15.0 Å². The minimum Gasteiger partial charge on any atom is -0.396 e. The number of aromatic nitrogens is 3. The van der Waals surface area contributed by atoms with Gasteiger partial charge in [0.1, 0.15) is 11.6 Å². The second-order valence-electron chi connectivity index (χ2n) is 5.46. The summed E-state index contributed by atoms with van der Waals surface area (Å²) in [6.07, 6.45) is 3.99. The number of nitrogens with one attached hydrogen (secondary N) is 2. The average Bonchev–Trinajstić information content (AvgIpc) is 2.66. The zero-order chi connectivity index (χ0) is 18.4. The lowest BCUT2D eigenvalue weighted by atomic mass is 10.2. The summed E-state index contributed by atoms with van der Waals surface area (Å²) in [6.45, 7) is 0.623. The van der Waals surface area contributed by atoms with E-state index in [1.54, 1.807) is 30.6 Å². The minimum atomic E-state index is -0.363. The molecule has 3 aromatic rings. The van der Waals surface area contributed by atoms with Gasteiger partial charge in [0.15, 0.2) is 0 Å². The summed E-state index contributed by atoms with van der Waals surface area (Å²) < 4.78 is 14.1. The molecule has 0 unspecified atom stereocenters. The van der Waals surface area contributed by atoms with Gasteiger partial charge in [0.2, 0.25) is 5.95 Å². The molecule has 1 aromatic carbocycles. The van der Waals surface area contributed by atoms with E-state index < -0.39 is 0 Å². The molecule has 3 N–H and O–H groups in total. The Morgan fingerprint density at radius 3 is 2.77 bits per heavy atom. The van der Waals surface area contributed by atoms with Gasteiger partial charge in [0, 0.05) is 42.9 Å². The Labute approximate surface area is 158 Å². The second-order valence-corrected chi connectivity index (χ2v) is 6.32. The van der Waals surface area contributed by atoms with Gasteiger partial charge in [-0.1, -0.05) is 0 Å². The van der Waals surface area contributed by atoms with E-state index >= 15 is 0 Å². The quantitative estimate of drug-likeness (QED) is 0.504. The first-order chi connectivity index (χ1) is 12.7. The molecule has 134 valence electrons. The van der Waals surface area contributed by atoms with Crippen molar-refractivity contribution in [1.29, 1.82) is 0 Å². The van der Waals surface area contributed by atoms with Crippen molar-refractivity contribution in [3.05, 3.63) is 59.1 Å². The predicted octanol–water partition coefficient (Wildman–Crippen LogP) is 3.98. The van der Waals surface area contributed by atoms with E-state index in [4.69, 9.17) is 5.11 Å². The van der Waals surface area contributed by atoms with Crippen LogP contribution in [0.1, 0.15) is 6.42 Å². The molecular formula is C18H17BrFN5O. The summed E-state index contributed by atoms with van der Waals surface area (Å²) in [4.78, 5) is 13.0. The summed E-state index contributed by atoms with van der Waals surface area (Å²) in [5.74, 6) is 0.574. The predicted molar refractivity (Wildman–Crippen MR) is 103 cm³/mol. The van der Waals surface area contributed by atoms with Crippen LogP contribution >= 0.6 is 15.9 Å². The zero-order valence-electron chi connectivity index (χ0n) is 13.8. The Kier molecular flexibility index (Phi) is 6.08. The van der Waals surface area contributed by atoms with Crippen LogP contribution in [0.15, 0.2) is 53.3 Å². The lowest BCUT2D eigenvalue weighted by molar-refractivity contribution is 0.292. The number of anilines is 3. The normalized spacial score (nSPS) is 10.6. The highest BCUT2D eigenvalue weighted by Crippen LogP contribution is 2.25. The van der Waals surface area contributed by atoms with Crippen LogP contribution in [0.3, 0.4) is 0 Å². The molecular weight excluding hydrogens is 401 g/mol. The first-order valence-corrected chi connectivity index (χ1v) is 8.81. The van der Waals surface area contributed by atoms with E-state index in [0.717, 1.165) is 5.56 Å². The molecule has 0 radical (unpaired) electrons. The number of hydrogen-bond acceptors (Lipinski definition) is 6. The number of halogens is 2. The molecule has 26 heavy (non-hydrogen) atoms. The molecule has 2 aromatic heterocycles. The third-order valence-corrected chi connectivity index (χ3v) is 4.14. The number of hydrogen-bond donors (Lipinski definition) is 3. The lowest BCUT2D eigenvalue weighted by Gasteiger charge is -2.11. The molecule has 0 atom stereocenters. The van der Waals surface area contributed by atoms with Crippen LogP contribution in [0.4, 0.5) is 21.8 Å². The fraction of sp³-hybridized carbons (Fsp3) is 0.167. The molecule has 0 aliphatic heterocycles. The third-order valence-electron chi connectivity index (χ3n) is 3.49. The average molecular weight is 418 g/mol. The van der Waals surface area contributed by atoms with E-state index in [0.29, 0.717) is 40.6 Å². The van der Waals surface area contributed by atoms with Crippen molar-refractivity contribution in [2.24, 2.45) is 0 Å². The number of aliphatic hydroxyl groups is 1. The molecule has 0 bridgehead atoms. The summed E-state index contributed by atoms with van der Waals surface area (Å²) in [6, 6.07) is 10.3. The molecule has 0 amide bonds. The Morgan fingerprint density at radius 1 is 1.15 bits per heavy atom.